The summed E-state index contributed by atoms with van der Waals surface area (Å²) in [7, 11) is 1.25. The third kappa shape index (κ3) is 2.75. The van der Waals surface area contributed by atoms with Crippen molar-refractivity contribution in [3.63, 3.8) is 0 Å². The first-order valence-electron chi connectivity index (χ1n) is 4.46. The lowest BCUT2D eigenvalue weighted by Gasteiger charge is -2.11. The number of hydrogen-bond donors (Lipinski definition) is 0. The Kier molecular flexibility index (Phi) is 4.35. The van der Waals surface area contributed by atoms with Crippen molar-refractivity contribution in [2.24, 2.45) is 0 Å². The highest BCUT2D eigenvalue weighted by Crippen LogP contribution is 2.30. The fourth-order valence-corrected chi connectivity index (χ4v) is 1.86. The predicted octanol–water partition coefficient (Wildman–Crippen LogP) is 2.81. The first-order chi connectivity index (χ1) is 7.47. The van der Waals surface area contributed by atoms with Crippen LogP contribution in [0.1, 0.15) is 23.1 Å². The van der Waals surface area contributed by atoms with E-state index < -0.39 is 12.4 Å². The highest BCUT2D eigenvalue weighted by Gasteiger charge is 2.19. The quantitative estimate of drug-likeness (QED) is 0.635. The molecular weight excluding hydrogens is 284 g/mol. The van der Waals surface area contributed by atoms with Gasteiger partial charge in [-0.2, -0.15) is 0 Å². The van der Waals surface area contributed by atoms with Crippen LogP contribution in [0.4, 0.5) is 8.78 Å². The summed E-state index contributed by atoms with van der Waals surface area (Å²) in [5.41, 5.74) is 0.633. The molecule has 16 heavy (non-hydrogen) atoms. The number of alkyl halides is 2. The molecule has 1 rings (SSSR count). The van der Waals surface area contributed by atoms with Gasteiger partial charge in [0.25, 0.3) is 6.43 Å². The molecule has 0 radical (unpaired) electrons. The molecule has 0 N–H and O–H groups in total. The summed E-state index contributed by atoms with van der Waals surface area (Å²) in [4.78, 5) is 14.8. The number of aromatic nitrogens is 1. The number of nitrogens with zero attached hydrogens (tertiary/aromatic N) is 1. The molecule has 1 heterocycles. The molecule has 0 unspecified atom stereocenters. The molecule has 3 nitrogen and oxygen atoms in total. The molecule has 1 aromatic heterocycles. The van der Waals surface area contributed by atoms with Crippen LogP contribution < -0.4 is 0 Å². The van der Waals surface area contributed by atoms with Gasteiger partial charge in [-0.15, -0.1) is 0 Å². The van der Waals surface area contributed by atoms with E-state index in [9.17, 15) is 13.6 Å². The SMILES string of the molecule is COC(=O)Cc1cnc(Br)c(C(F)F)c1C. The second-order valence-corrected chi connectivity index (χ2v) is 3.92. The van der Waals surface area contributed by atoms with Gasteiger partial charge in [-0.05, 0) is 34.0 Å². The van der Waals surface area contributed by atoms with Gasteiger partial charge in [-0.3, -0.25) is 4.79 Å². The maximum absolute atomic E-state index is 12.7. The molecular formula is C10H10BrF2NO2. The van der Waals surface area contributed by atoms with Gasteiger partial charge in [0.15, 0.2) is 0 Å². The maximum Gasteiger partial charge on any atom is 0.310 e. The average molecular weight is 294 g/mol. The van der Waals surface area contributed by atoms with E-state index >= 15 is 0 Å². The Morgan fingerprint density at radius 1 is 1.62 bits per heavy atom. The number of methoxy groups -OCH3 is 1. The number of carbonyl (C=O) groups is 1. The molecule has 0 aromatic carbocycles. The van der Waals surface area contributed by atoms with Gasteiger partial charge in [0, 0.05) is 6.20 Å². The summed E-state index contributed by atoms with van der Waals surface area (Å²) in [5, 5.41) is 0. The molecule has 0 amide bonds. The molecule has 0 atom stereocenters. The number of rotatable bonds is 3. The fraction of sp³-hybridized carbons (Fsp3) is 0.400. The van der Waals surface area contributed by atoms with E-state index in [0.717, 1.165) is 0 Å². The van der Waals surface area contributed by atoms with E-state index in [1.165, 1.54) is 20.2 Å². The number of esters is 1. The molecule has 0 spiro atoms. The molecule has 0 saturated carbocycles. The smallest absolute Gasteiger partial charge is 0.310 e. The Morgan fingerprint density at radius 3 is 2.75 bits per heavy atom. The average Bonchev–Trinajstić information content (AvgIpc) is 2.21. The zero-order valence-electron chi connectivity index (χ0n) is 8.76. The van der Waals surface area contributed by atoms with E-state index in [4.69, 9.17) is 0 Å². The molecule has 0 aliphatic rings. The number of pyridine rings is 1. The maximum atomic E-state index is 12.7. The topological polar surface area (TPSA) is 39.2 Å². The van der Waals surface area contributed by atoms with Crippen molar-refractivity contribution in [3.8, 4) is 0 Å². The standard InChI is InChI=1S/C10H10BrF2NO2/c1-5-6(3-7(15)16-2)4-14-9(11)8(5)10(12)13/h4,10H,3H2,1-2H3. The van der Waals surface area contributed by atoms with Crippen LogP contribution in [-0.2, 0) is 16.0 Å². The number of hydrogen-bond acceptors (Lipinski definition) is 3. The molecule has 6 heteroatoms. The van der Waals surface area contributed by atoms with Crippen LogP contribution in [0.25, 0.3) is 0 Å². The zero-order chi connectivity index (χ0) is 12.3. The van der Waals surface area contributed by atoms with Gasteiger partial charge in [-0.1, -0.05) is 0 Å². The van der Waals surface area contributed by atoms with Crippen LogP contribution in [0, 0.1) is 6.92 Å². The Bertz CT molecular complexity index is 410. The number of halogens is 3. The Hall–Kier alpha value is -1.04. The summed E-state index contributed by atoms with van der Waals surface area (Å²) in [5.74, 6) is -0.479. The van der Waals surface area contributed by atoms with Crippen molar-refractivity contribution < 1.29 is 18.3 Å². The summed E-state index contributed by atoms with van der Waals surface area (Å²) < 4.78 is 30.0. The summed E-state index contributed by atoms with van der Waals surface area (Å²) >= 11 is 2.96. The van der Waals surface area contributed by atoms with Gasteiger partial charge in [0.1, 0.15) is 4.60 Å². The van der Waals surface area contributed by atoms with Crippen molar-refractivity contribution in [1.82, 2.24) is 4.98 Å². The van der Waals surface area contributed by atoms with Gasteiger partial charge >= 0.3 is 5.97 Å². The van der Waals surface area contributed by atoms with E-state index in [0.29, 0.717) is 11.1 Å². The normalized spacial score (nSPS) is 10.6. The first-order valence-corrected chi connectivity index (χ1v) is 5.25. The number of ether oxygens (including phenoxy) is 1. The lowest BCUT2D eigenvalue weighted by molar-refractivity contribution is -0.139. The van der Waals surface area contributed by atoms with Gasteiger partial charge in [0.2, 0.25) is 0 Å². The lowest BCUT2D eigenvalue weighted by atomic mass is 10.0. The third-order valence-electron chi connectivity index (χ3n) is 2.22. The third-order valence-corrected chi connectivity index (χ3v) is 2.85. The van der Waals surface area contributed by atoms with Crippen LogP contribution in [0.15, 0.2) is 10.8 Å². The van der Waals surface area contributed by atoms with Gasteiger partial charge in [0.05, 0.1) is 19.1 Å². The monoisotopic (exact) mass is 293 g/mol. The van der Waals surface area contributed by atoms with E-state index in [1.807, 2.05) is 0 Å². The highest BCUT2D eigenvalue weighted by molar-refractivity contribution is 9.10. The largest absolute Gasteiger partial charge is 0.469 e. The summed E-state index contributed by atoms with van der Waals surface area (Å²) in [6, 6.07) is 0. The molecule has 0 fully saturated rings. The van der Waals surface area contributed by atoms with Crippen LogP contribution in [0.2, 0.25) is 0 Å². The first kappa shape index (κ1) is 13.0. The Morgan fingerprint density at radius 2 is 2.25 bits per heavy atom. The van der Waals surface area contributed by atoms with Crippen molar-refractivity contribution >= 4 is 21.9 Å². The molecule has 0 aliphatic carbocycles. The van der Waals surface area contributed by atoms with Crippen molar-refractivity contribution in [2.75, 3.05) is 7.11 Å². The summed E-state index contributed by atoms with van der Waals surface area (Å²) in [6.45, 7) is 1.53. The van der Waals surface area contributed by atoms with Crippen LogP contribution >= 0.6 is 15.9 Å². The molecule has 0 bridgehead atoms. The van der Waals surface area contributed by atoms with Crippen molar-refractivity contribution in [3.05, 3.63) is 27.5 Å². The lowest BCUT2D eigenvalue weighted by Crippen LogP contribution is -2.08. The summed E-state index contributed by atoms with van der Waals surface area (Å²) in [6.07, 6.45) is -1.29. The van der Waals surface area contributed by atoms with Crippen molar-refractivity contribution in [1.29, 1.82) is 0 Å². The van der Waals surface area contributed by atoms with Gasteiger partial charge in [-0.25, -0.2) is 13.8 Å². The molecule has 1 aromatic rings. The van der Waals surface area contributed by atoms with Crippen LogP contribution in [0.5, 0.6) is 0 Å². The van der Waals surface area contributed by atoms with E-state index in [2.05, 4.69) is 25.7 Å². The predicted molar refractivity (Wildman–Crippen MR) is 57.4 cm³/mol. The van der Waals surface area contributed by atoms with Crippen LogP contribution in [-0.4, -0.2) is 18.1 Å². The van der Waals surface area contributed by atoms with E-state index in [1.54, 1.807) is 0 Å². The number of carbonyl (C=O) groups excluding carboxylic acids is 1. The second kappa shape index (κ2) is 5.34. The molecule has 0 aliphatic heterocycles. The second-order valence-electron chi connectivity index (χ2n) is 3.17. The minimum Gasteiger partial charge on any atom is -0.469 e. The minimum atomic E-state index is -2.63. The minimum absolute atomic E-state index is 0.0532. The molecule has 0 saturated heterocycles. The fourth-order valence-electron chi connectivity index (χ4n) is 1.29. The van der Waals surface area contributed by atoms with E-state index in [-0.39, 0.29) is 16.6 Å². The highest BCUT2D eigenvalue weighted by atomic mass is 79.9. The Balaban J connectivity index is 3.13. The van der Waals surface area contributed by atoms with Crippen LogP contribution in [0.3, 0.4) is 0 Å². The zero-order valence-corrected chi connectivity index (χ0v) is 10.3. The molecule has 88 valence electrons. The van der Waals surface area contributed by atoms with Crippen molar-refractivity contribution in [2.45, 2.75) is 19.8 Å². The van der Waals surface area contributed by atoms with Gasteiger partial charge < -0.3 is 4.74 Å². The Labute approximate surface area is 99.9 Å².